The van der Waals surface area contributed by atoms with Gasteiger partial charge in [-0.25, -0.2) is 9.07 Å². The monoisotopic (exact) mass is 354 g/mol. The molecule has 0 atom stereocenters. The molecular weight excluding hydrogens is 339 g/mol. The first-order valence-electron chi connectivity index (χ1n) is 7.88. The van der Waals surface area contributed by atoms with Crippen LogP contribution in [0.2, 0.25) is 0 Å². The van der Waals surface area contributed by atoms with Crippen LogP contribution >= 0.6 is 0 Å². The number of non-ortho nitro benzene ring substituents is 1. The van der Waals surface area contributed by atoms with Crippen molar-refractivity contribution in [2.45, 2.75) is 13.3 Å². The van der Waals surface area contributed by atoms with Crippen molar-refractivity contribution < 1.29 is 14.1 Å². The van der Waals surface area contributed by atoms with Crippen LogP contribution in [-0.4, -0.2) is 20.6 Å². The first kappa shape index (κ1) is 17.3. The van der Waals surface area contributed by atoms with Gasteiger partial charge in [-0.3, -0.25) is 14.9 Å². The van der Waals surface area contributed by atoms with Gasteiger partial charge in [-0.1, -0.05) is 13.0 Å². The molecule has 1 aromatic heterocycles. The minimum atomic E-state index is -0.528. The number of anilines is 1. The number of nitro benzene ring substituents is 1. The molecule has 7 nitrogen and oxygen atoms in total. The molecule has 0 aliphatic carbocycles. The van der Waals surface area contributed by atoms with Crippen LogP contribution in [0.5, 0.6) is 0 Å². The molecule has 0 saturated heterocycles. The maximum Gasteiger partial charge on any atom is 0.271 e. The third-order valence-corrected chi connectivity index (χ3v) is 3.83. The molecule has 0 unspecified atom stereocenters. The first-order chi connectivity index (χ1) is 12.5. The van der Waals surface area contributed by atoms with Crippen LogP contribution in [0.1, 0.15) is 23.0 Å². The molecule has 1 heterocycles. The van der Waals surface area contributed by atoms with Gasteiger partial charge in [0.05, 0.1) is 28.1 Å². The van der Waals surface area contributed by atoms with E-state index in [1.807, 2.05) is 6.92 Å². The molecule has 26 heavy (non-hydrogen) atoms. The largest absolute Gasteiger partial charge is 0.322 e. The lowest BCUT2D eigenvalue weighted by atomic mass is 10.1. The van der Waals surface area contributed by atoms with Crippen molar-refractivity contribution in [3.8, 4) is 5.69 Å². The second kappa shape index (κ2) is 7.14. The number of hydrogen-bond donors (Lipinski definition) is 1. The molecule has 1 N–H and O–H groups in total. The fourth-order valence-corrected chi connectivity index (χ4v) is 2.60. The van der Waals surface area contributed by atoms with Crippen LogP contribution in [0.25, 0.3) is 5.69 Å². The van der Waals surface area contributed by atoms with Crippen LogP contribution in [0.3, 0.4) is 0 Å². The van der Waals surface area contributed by atoms with Gasteiger partial charge in [0.15, 0.2) is 0 Å². The van der Waals surface area contributed by atoms with Crippen molar-refractivity contribution >= 4 is 17.3 Å². The average Bonchev–Trinajstić information content (AvgIpc) is 3.06. The lowest BCUT2D eigenvalue weighted by Gasteiger charge is -2.08. The molecule has 0 fully saturated rings. The van der Waals surface area contributed by atoms with Crippen LogP contribution in [-0.2, 0) is 6.42 Å². The van der Waals surface area contributed by atoms with Crippen LogP contribution in [0, 0.1) is 15.9 Å². The van der Waals surface area contributed by atoms with Gasteiger partial charge in [0.2, 0.25) is 0 Å². The van der Waals surface area contributed by atoms with E-state index in [1.165, 1.54) is 36.5 Å². The summed E-state index contributed by atoms with van der Waals surface area (Å²) in [6.45, 7) is 1.88. The number of carbonyl (C=O) groups excluding carboxylic acids is 1. The minimum Gasteiger partial charge on any atom is -0.322 e. The fraction of sp³-hybridized carbons (Fsp3) is 0.111. The Labute approximate surface area is 148 Å². The average molecular weight is 354 g/mol. The Kier molecular flexibility index (Phi) is 4.74. The molecule has 3 rings (SSSR count). The predicted molar refractivity (Wildman–Crippen MR) is 93.9 cm³/mol. The Bertz CT molecular complexity index is 967. The zero-order valence-electron chi connectivity index (χ0n) is 13.8. The molecule has 0 bridgehead atoms. The summed E-state index contributed by atoms with van der Waals surface area (Å²) >= 11 is 0. The zero-order valence-corrected chi connectivity index (χ0v) is 13.8. The van der Waals surface area contributed by atoms with E-state index in [1.54, 1.807) is 22.9 Å². The number of rotatable bonds is 5. The molecule has 8 heteroatoms. The zero-order chi connectivity index (χ0) is 18.7. The van der Waals surface area contributed by atoms with Gasteiger partial charge in [-0.2, -0.15) is 5.10 Å². The van der Waals surface area contributed by atoms with E-state index in [0.29, 0.717) is 29.1 Å². The van der Waals surface area contributed by atoms with E-state index in [-0.39, 0.29) is 11.5 Å². The SMILES string of the molecule is CCc1c(C(=O)Nc2cccc([N+](=O)[O-])c2)cnn1-c1ccc(F)cc1. The molecule has 1 amide bonds. The standard InChI is InChI=1S/C18H15FN4O3/c1-2-17-16(11-20-22(17)14-8-6-12(19)7-9-14)18(24)21-13-4-3-5-15(10-13)23(25)26/h3-11H,2H2,1H3,(H,21,24). The highest BCUT2D eigenvalue weighted by molar-refractivity contribution is 6.05. The van der Waals surface area contributed by atoms with E-state index in [4.69, 9.17) is 0 Å². The Morgan fingerprint density at radius 1 is 1.27 bits per heavy atom. The number of benzene rings is 2. The van der Waals surface area contributed by atoms with Gasteiger partial charge in [0.1, 0.15) is 5.82 Å². The van der Waals surface area contributed by atoms with Crippen molar-refractivity contribution in [1.29, 1.82) is 0 Å². The minimum absolute atomic E-state index is 0.111. The van der Waals surface area contributed by atoms with E-state index >= 15 is 0 Å². The summed E-state index contributed by atoms with van der Waals surface area (Å²) in [5.41, 5.74) is 1.85. The third kappa shape index (κ3) is 3.44. The predicted octanol–water partition coefficient (Wildman–Crippen LogP) is 3.73. The molecule has 0 aliphatic rings. The summed E-state index contributed by atoms with van der Waals surface area (Å²) in [7, 11) is 0. The summed E-state index contributed by atoms with van der Waals surface area (Å²) < 4.78 is 14.7. The molecule has 0 saturated carbocycles. The van der Waals surface area contributed by atoms with Crippen LogP contribution < -0.4 is 5.32 Å². The summed E-state index contributed by atoms with van der Waals surface area (Å²) in [4.78, 5) is 22.9. The molecule has 3 aromatic rings. The van der Waals surface area contributed by atoms with Crippen LogP contribution in [0.15, 0.2) is 54.7 Å². The normalized spacial score (nSPS) is 10.5. The summed E-state index contributed by atoms with van der Waals surface area (Å²) in [6, 6.07) is 11.5. The molecule has 0 radical (unpaired) electrons. The Morgan fingerprint density at radius 2 is 2.00 bits per heavy atom. The highest BCUT2D eigenvalue weighted by Gasteiger charge is 2.18. The highest BCUT2D eigenvalue weighted by Crippen LogP contribution is 2.20. The van der Waals surface area contributed by atoms with Crippen molar-refractivity contribution in [3.63, 3.8) is 0 Å². The number of amides is 1. The quantitative estimate of drug-likeness (QED) is 0.558. The topological polar surface area (TPSA) is 90.1 Å². The van der Waals surface area contributed by atoms with Crippen molar-refractivity contribution in [1.82, 2.24) is 9.78 Å². The third-order valence-electron chi connectivity index (χ3n) is 3.83. The van der Waals surface area contributed by atoms with E-state index in [9.17, 15) is 19.3 Å². The number of nitrogens with one attached hydrogen (secondary N) is 1. The highest BCUT2D eigenvalue weighted by atomic mass is 19.1. The van der Waals surface area contributed by atoms with Gasteiger partial charge in [0.25, 0.3) is 11.6 Å². The van der Waals surface area contributed by atoms with Gasteiger partial charge in [0, 0.05) is 17.8 Å². The second-order valence-electron chi connectivity index (χ2n) is 5.51. The fourth-order valence-electron chi connectivity index (χ4n) is 2.60. The lowest BCUT2D eigenvalue weighted by molar-refractivity contribution is -0.384. The molecule has 2 aromatic carbocycles. The first-order valence-corrected chi connectivity index (χ1v) is 7.88. The number of nitrogens with zero attached hydrogens (tertiary/aromatic N) is 3. The van der Waals surface area contributed by atoms with E-state index in [2.05, 4.69) is 10.4 Å². The van der Waals surface area contributed by atoms with Crippen LogP contribution in [0.4, 0.5) is 15.8 Å². The molecule has 0 spiro atoms. The summed E-state index contributed by atoms with van der Waals surface area (Å²) in [6.07, 6.45) is 1.95. The number of hydrogen-bond acceptors (Lipinski definition) is 4. The van der Waals surface area contributed by atoms with Crippen molar-refractivity contribution in [2.75, 3.05) is 5.32 Å². The number of aromatic nitrogens is 2. The lowest BCUT2D eigenvalue weighted by Crippen LogP contribution is -2.14. The van der Waals surface area contributed by atoms with Gasteiger partial charge >= 0.3 is 0 Å². The van der Waals surface area contributed by atoms with Gasteiger partial charge in [-0.05, 0) is 36.8 Å². The second-order valence-corrected chi connectivity index (χ2v) is 5.51. The smallest absolute Gasteiger partial charge is 0.271 e. The van der Waals surface area contributed by atoms with Gasteiger partial charge in [-0.15, -0.1) is 0 Å². The number of carbonyl (C=O) groups is 1. The van der Waals surface area contributed by atoms with Crippen molar-refractivity contribution in [3.05, 3.63) is 81.9 Å². The molecule has 0 aliphatic heterocycles. The Morgan fingerprint density at radius 3 is 2.65 bits per heavy atom. The summed E-state index contributed by atoms with van der Waals surface area (Å²) in [5.74, 6) is -0.779. The number of halogens is 1. The maximum absolute atomic E-state index is 13.1. The Balaban J connectivity index is 1.89. The number of nitro groups is 1. The Hall–Kier alpha value is -3.55. The van der Waals surface area contributed by atoms with E-state index in [0.717, 1.165) is 0 Å². The summed E-state index contributed by atoms with van der Waals surface area (Å²) in [5, 5.41) is 17.7. The van der Waals surface area contributed by atoms with Crippen molar-refractivity contribution in [2.24, 2.45) is 0 Å². The van der Waals surface area contributed by atoms with Gasteiger partial charge < -0.3 is 5.32 Å². The van der Waals surface area contributed by atoms with E-state index < -0.39 is 10.8 Å². The maximum atomic E-state index is 13.1. The molecule has 132 valence electrons. The molecular formula is C18H15FN4O3.